The van der Waals surface area contributed by atoms with E-state index in [0.717, 1.165) is 32.4 Å². The maximum absolute atomic E-state index is 12.0. The minimum Gasteiger partial charge on any atom is -0.340 e. The number of benzene rings is 2. The molecule has 0 saturated carbocycles. The van der Waals surface area contributed by atoms with Gasteiger partial charge in [0.25, 0.3) is 0 Å². The van der Waals surface area contributed by atoms with Crippen molar-refractivity contribution in [1.29, 1.82) is 0 Å². The fourth-order valence-corrected chi connectivity index (χ4v) is 5.68. The Morgan fingerprint density at radius 2 is 1.96 bits per heavy atom. The zero-order valence-electron chi connectivity index (χ0n) is 16.0. The molecule has 1 saturated heterocycles. The van der Waals surface area contributed by atoms with Crippen LogP contribution >= 0.6 is 23.5 Å². The minimum absolute atomic E-state index is 0.222. The summed E-state index contributed by atoms with van der Waals surface area (Å²) in [7, 11) is 0. The van der Waals surface area contributed by atoms with Crippen molar-refractivity contribution < 1.29 is 4.79 Å². The molecule has 2 aliphatic rings. The van der Waals surface area contributed by atoms with Crippen molar-refractivity contribution >= 4 is 40.8 Å². The number of hydrogen-bond donors (Lipinski definition) is 0. The zero-order chi connectivity index (χ0) is 18.8. The molecule has 142 valence electrons. The van der Waals surface area contributed by atoms with Crippen LogP contribution in [0.4, 0.5) is 11.4 Å². The highest BCUT2D eigenvalue weighted by Gasteiger charge is 2.28. The van der Waals surface area contributed by atoms with Crippen LogP contribution in [0.5, 0.6) is 0 Å². The number of rotatable bonds is 4. The van der Waals surface area contributed by atoms with E-state index in [4.69, 9.17) is 0 Å². The molecule has 0 radical (unpaired) electrons. The molecule has 1 atom stereocenters. The third-order valence-electron chi connectivity index (χ3n) is 5.55. The van der Waals surface area contributed by atoms with Gasteiger partial charge in [-0.15, -0.1) is 11.8 Å². The number of carbonyl (C=O) groups excluding carboxylic acids is 1. The van der Waals surface area contributed by atoms with Crippen molar-refractivity contribution in [2.45, 2.75) is 53.3 Å². The lowest BCUT2D eigenvalue weighted by atomic mass is 9.98. The summed E-state index contributed by atoms with van der Waals surface area (Å²) in [5, 5.41) is 0. The Balaban J connectivity index is 1.62. The van der Waals surface area contributed by atoms with Crippen LogP contribution in [0.25, 0.3) is 0 Å². The molecule has 2 heterocycles. The van der Waals surface area contributed by atoms with E-state index in [-0.39, 0.29) is 5.91 Å². The highest BCUT2D eigenvalue weighted by atomic mass is 32.2. The van der Waals surface area contributed by atoms with Gasteiger partial charge in [0.05, 0.1) is 11.4 Å². The molecule has 5 heteroatoms. The fourth-order valence-electron chi connectivity index (χ4n) is 4.17. The number of fused-ring (bicyclic) bond motifs is 2. The number of likely N-dealkylation sites (tertiary alicyclic amines) is 1. The Labute approximate surface area is 170 Å². The first kappa shape index (κ1) is 18.8. The molecule has 0 N–H and O–H groups in total. The predicted molar refractivity (Wildman–Crippen MR) is 115 cm³/mol. The largest absolute Gasteiger partial charge is 0.340 e. The van der Waals surface area contributed by atoms with Gasteiger partial charge in [0, 0.05) is 40.7 Å². The molecule has 0 spiro atoms. The van der Waals surface area contributed by atoms with E-state index in [0.29, 0.717) is 6.04 Å². The third-order valence-corrected chi connectivity index (χ3v) is 7.41. The molecule has 2 aromatic carbocycles. The Morgan fingerprint density at radius 3 is 2.78 bits per heavy atom. The van der Waals surface area contributed by atoms with Gasteiger partial charge in [0.2, 0.25) is 5.91 Å². The molecule has 27 heavy (non-hydrogen) atoms. The normalized spacial score (nSPS) is 18.8. The van der Waals surface area contributed by atoms with E-state index in [1.807, 2.05) is 11.8 Å². The molecule has 2 aromatic rings. The van der Waals surface area contributed by atoms with E-state index in [2.05, 4.69) is 58.5 Å². The van der Waals surface area contributed by atoms with Gasteiger partial charge in [-0.2, -0.15) is 0 Å². The first-order chi connectivity index (χ1) is 13.2. The minimum atomic E-state index is 0.222. The van der Waals surface area contributed by atoms with Crippen molar-refractivity contribution in [2.24, 2.45) is 0 Å². The number of thioether (sulfide) groups is 1. The first-order valence-electron chi connectivity index (χ1n) is 9.67. The molecule has 0 aromatic heterocycles. The molecule has 1 unspecified atom stereocenters. The van der Waals surface area contributed by atoms with Crippen LogP contribution in [0, 0.1) is 0 Å². The molecule has 1 amide bonds. The van der Waals surface area contributed by atoms with Gasteiger partial charge in [-0.1, -0.05) is 23.9 Å². The zero-order valence-corrected chi connectivity index (χ0v) is 17.6. The lowest BCUT2D eigenvalue weighted by molar-refractivity contribution is -0.132. The van der Waals surface area contributed by atoms with E-state index < -0.39 is 0 Å². The smallest absolute Gasteiger partial charge is 0.219 e. The van der Waals surface area contributed by atoms with Gasteiger partial charge in [-0.3, -0.25) is 4.79 Å². The standard InChI is InChI=1S/C22H26N2OS2/c1-16(25)23-13-6-5-7-17(23)12-14-24-19-8-3-4-9-21(19)27-22-11-10-18(26-2)15-20(22)24/h3-4,8-11,15,17H,5-7,12-14H2,1-2H3. The lowest BCUT2D eigenvalue weighted by Crippen LogP contribution is -2.44. The Kier molecular flexibility index (Phi) is 5.69. The number of anilines is 2. The highest BCUT2D eigenvalue weighted by molar-refractivity contribution is 8.00. The van der Waals surface area contributed by atoms with Gasteiger partial charge < -0.3 is 9.80 Å². The lowest BCUT2D eigenvalue weighted by Gasteiger charge is -2.38. The average Bonchev–Trinajstić information content (AvgIpc) is 2.71. The molecule has 3 nitrogen and oxygen atoms in total. The van der Waals surface area contributed by atoms with Crippen LogP contribution in [0.1, 0.15) is 32.6 Å². The van der Waals surface area contributed by atoms with E-state index >= 15 is 0 Å². The summed E-state index contributed by atoms with van der Waals surface area (Å²) in [6, 6.07) is 15.8. The van der Waals surface area contributed by atoms with Crippen molar-refractivity contribution in [3.05, 3.63) is 42.5 Å². The first-order valence-corrected chi connectivity index (χ1v) is 11.7. The van der Waals surface area contributed by atoms with Crippen LogP contribution in [0.3, 0.4) is 0 Å². The van der Waals surface area contributed by atoms with E-state index in [1.165, 1.54) is 32.5 Å². The number of hydrogen-bond acceptors (Lipinski definition) is 4. The number of piperidine rings is 1. The molecule has 0 aliphatic carbocycles. The van der Waals surface area contributed by atoms with Crippen molar-refractivity contribution in [2.75, 3.05) is 24.2 Å². The molecular weight excluding hydrogens is 372 g/mol. The SMILES string of the molecule is CSc1ccc2c(c1)N(CCC1CCCCN1C(C)=O)c1ccccc1S2. The second-order valence-corrected chi connectivity index (χ2v) is 9.17. The summed E-state index contributed by atoms with van der Waals surface area (Å²) in [6.07, 6.45) is 6.64. The summed E-state index contributed by atoms with van der Waals surface area (Å²) in [4.78, 5) is 20.5. The van der Waals surface area contributed by atoms with Gasteiger partial charge in [-0.25, -0.2) is 0 Å². The summed E-state index contributed by atoms with van der Waals surface area (Å²) in [5.74, 6) is 0.222. The van der Waals surface area contributed by atoms with Crippen molar-refractivity contribution in [3.63, 3.8) is 0 Å². The number of carbonyl (C=O) groups is 1. The van der Waals surface area contributed by atoms with Crippen LogP contribution in [0.15, 0.2) is 57.2 Å². The maximum Gasteiger partial charge on any atom is 0.219 e. The van der Waals surface area contributed by atoms with Crippen LogP contribution in [-0.4, -0.2) is 36.2 Å². The van der Waals surface area contributed by atoms with E-state index in [9.17, 15) is 4.79 Å². The number of para-hydroxylation sites is 1. The average molecular weight is 399 g/mol. The van der Waals surface area contributed by atoms with Gasteiger partial charge in [0.1, 0.15) is 0 Å². The van der Waals surface area contributed by atoms with Crippen LogP contribution in [0.2, 0.25) is 0 Å². The molecular formula is C22H26N2OS2. The maximum atomic E-state index is 12.0. The van der Waals surface area contributed by atoms with Gasteiger partial charge in [-0.05, 0) is 62.3 Å². The molecule has 0 bridgehead atoms. The summed E-state index contributed by atoms with van der Waals surface area (Å²) in [5.41, 5.74) is 2.59. The quantitative estimate of drug-likeness (QED) is 0.607. The third kappa shape index (κ3) is 3.85. The van der Waals surface area contributed by atoms with Gasteiger partial charge in [0.15, 0.2) is 0 Å². The number of nitrogens with zero attached hydrogens (tertiary/aromatic N) is 2. The van der Waals surface area contributed by atoms with Crippen LogP contribution in [-0.2, 0) is 4.79 Å². The second-order valence-electron chi connectivity index (χ2n) is 7.21. The van der Waals surface area contributed by atoms with Crippen molar-refractivity contribution in [1.82, 2.24) is 4.90 Å². The highest BCUT2D eigenvalue weighted by Crippen LogP contribution is 2.49. The second kappa shape index (κ2) is 8.19. The Morgan fingerprint density at radius 1 is 1.15 bits per heavy atom. The Bertz CT molecular complexity index is 839. The summed E-state index contributed by atoms with van der Waals surface area (Å²) in [6.45, 7) is 3.57. The fraction of sp³-hybridized carbons (Fsp3) is 0.409. The van der Waals surface area contributed by atoms with Gasteiger partial charge >= 0.3 is 0 Å². The predicted octanol–water partition coefficient (Wildman–Crippen LogP) is 5.80. The number of amides is 1. The molecule has 1 fully saturated rings. The summed E-state index contributed by atoms with van der Waals surface area (Å²) < 4.78 is 0. The van der Waals surface area contributed by atoms with Crippen molar-refractivity contribution in [3.8, 4) is 0 Å². The van der Waals surface area contributed by atoms with E-state index in [1.54, 1.807) is 18.7 Å². The van der Waals surface area contributed by atoms with Crippen LogP contribution < -0.4 is 4.90 Å². The molecule has 4 rings (SSSR count). The monoisotopic (exact) mass is 398 g/mol. The Hall–Kier alpha value is -1.59. The summed E-state index contributed by atoms with van der Waals surface area (Å²) >= 11 is 3.64. The molecule has 2 aliphatic heterocycles. The topological polar surface area (TPSA) is 23.6 Å².